The molecule has 0 bridgehead atoms. The first kappa shape index (κ1) is 29.1. The summed E-state index contributed by atoms with van der Waals surface area (Å²) in [6, 6.07) is 13.4. The van der Waals surface area contributed by atoms with Gasteiger partial charge in [0.15, 0.2) is 0 Å². The largest absolute Gasteiger partial charge is 0.374 e. The van der Waals surface area contributed by atoms with Gasteiger partial charge in [-0.05, 0) is 41.5 Å². The summed E-state index contributed by atoms with van der Waals surface area (Å²) in [5.74, 6) is -0.348. The zero-order valence-electron chi connectivity index (χ0n) is 21.2. The van der Waals surface area contributed by atoms with Crippen LogP contribution in [0.4, 0.5) is 4.79 Å². The number of sulfonamides is 1. The number of nitrogens with zero attached hydrogens (tertiary/aromatic N) is 4. The molecule has 0 unspecified atom stereocenters. The van der Waals surface area contributed by atoms with Gasteiger partial charge < -0.3 is 19.9 Å². The third-order valence-corrected chi connectivity index (χ3v) is 9.25. The lowest BCUT2D eigenvalue weighted by atomic mass is 10.1. The lowest BCUT2D eigenvalue weighted by molar-refractivity contribution is -0.129. The minimum atomic E-state index is -3.79. The van der Waals surface area contributed by atoms with E-state index in [1.165, 1.54) is 10.4 Å². The molecule has 39 heavy (non-hydrogen) atoms. The lowest BCUT2D eigenvalue weighted by Gasteiger charge is -2.34. The summed E-state index contributed by atoms with van der Waals surface area (Å²) in [5, 5.41) is 12.2. The normalized spacial score (nSPS) is 18.4. The second-order valence-electron chi connectivity index (χ2n) is 9.28. The Kier molecular flexibility index (Phi) is 9.69. The highest BCUT2D eigenvalue weighted by molar-refractivity contribution is 7.89. The predicted octanol–water partition coefficient (Wildman–Crippen LogP) is 2.44. The first-order valence-corrected chi connectivity index (χ1v) is 14.8. The molecule has 13 heteroatoms. The van der Waals surface area contributed by atoms with Crippen molar-refractivity contribution in [1.82, 2.24) is 19.4 Å². The molecule has 208 valence electrons. The highest BCUT2D eigenvalue weighted by atomic mass is 35.5. The third-order valence-electron chi connectivity index (χ3n) is 6.76. The van der Waals surface area contributed by atoms with Gasteiger partial charge in [-0.3, -0.25) is 4.79 Å². The number of carbonyl (C=O) groups excluding carboxylic acids is 2. The maximum Gasteiger partial charge on any atom is 0.317 e. The van der Waals surface area contributed by atoms with Crippen LogP contribution in [-0.4, -0.2) is 92.3 Å². The fraction of sp³-hybridized carbons (Fsp3) is 0.423. The molecule has 4 rings (SSSR count). The van der Waals surface area contributed by atoms with Crippen molar-refractivity contribution in [3.63, 3.8) is 0 Å². The van der Waals surface area contributed by atoms with Gasteiger partial charge in [0.2, 0.25) is 15.9 Å². The summed E-state index contributed by atoms with van der Waals surface area (Å²) in [6.07, 6.45) is -0.0282. The maximum absolute atomic E-state index is 13.3. The van der Waals surface area contributed by atoms with Crippen molar-refractivity contribution in [2.75, 3.05) is 51.8 Å². The number of carbonyl (C=O) groups is 2. The number of benzene rings is 2. The molecule has 0 aliphatic carbocycles. The van der Waals surface area contributed by atoms with Gasteiger partial charge in [-0.2, -0.15) is 9.57 Å². The first-order valence-electron chi connectivity index (χ1n) is 12.5. The zero-order chi connectivity index (χ0) is 28.0. The number of amides is 3. The Balaban J connectivity index is 1.36. The monoisotopic (exact) mass is 593 g/mol. The maximum atomic E-state index is 13.3. The standard InChI is InChI=1S/C26H29Cl2N5O5S/c27-15-25(34)31-7-9-33(10-8-31)39(36,37)23-5-6-24(28)21(14-23)13-22-18-32(11-12-38-22)26(35)30-17-20-3-1-19(16-29)2-4-20/h1-6,14,22H,7-13,15,17-18H2,(H,30,35)/t22-/m1/s1. The molecule has 2 saturated heterocycles. The Labute approximate surface area is 238 Å². The zero-order valence-corrected chi connectivity index (χ0v) is 23.5. The molecule has 10 nitrogen and oxygen atoms in total. The van der Waals surface area contributed by atoms with Crippen molar-refractivity contribution < 1.29 is 22.7 Å². The molecule has 0 aromatic heterocycles. The summed E-state index contributed by atoms with van der Waals surface area (Å²) in [7, 11) is -3.79. The number of nitrogens with one attached hydrogen (secondary N) is 1. The van der Waals surface area contributed by atoms with Crippen molar-refractivity contribution in [2.24, 2.45) is 0 Å². The van der Waals surface area contributed by atoms with Crippen LogP contribution in [0.25, 0.3) is 0 Å². The number of piperazine rings is 1. The van der Waals surface area contributed by atoms with E-state index in [2.05, 4.69) is 11.4 Å². The first-order chi connectivity index (χ1) is 18.7. The van der Waals surface area contributed by atoms with E-state index < -0.39 is 10.0 Å². The minimum absolute atomic E-state index is 0.117. The van der Waals surface area contributed by atoms with Gasteiger partial charge in [-0.15, -0.1) is 11.6 Å². The number of halogens is 2. The molecular formula is C26H29Cl2N5O5S. The van der Waals surface area contributed by atoms with E-state index in [1.54, 1.807) is 46.2 Å². The molecular weight excluding hydrogens is 565 g/mol. The fourth-order valence-corrected chi connectivity index (χ4v) is 6.38. The van der Waals surface area contributed by atoms with Crippen LogP contribution in [0.3, 0.4) is 0 Å². The Morgan fingerprint density at radius 2 is 1.77 bits per heavy atom. The number of alkyl halides is 1. The van der Waals surface area contributed by atoms with E-state index in [9.17, 15) is 18.0 Å². The van der Waals surface area contributed by atoms with E-state index in [0.29, 0.717) is 48.8 Å². The van der Waals surface area contributed by atoms with Crippen molar-refractivity contribution in [3.05, 3.63) is 64.2 Å². The smallest absolute Gasteiger partial charge is 0.317 e. The molecule has 1 atom stereocenters. The number of urea groups is 1. The number of hydrogen-bond donors (Lipinski definition) is 1. The highest BCUT2D eigenvalue weighted by Crippen LogP contribution is 2.26. The molecule has 2 aliphatic heterocycles. The number of hydrogen-bond acceptors (Lipinski definition) is 6. The fourth-order valence-electron chi connectivity index (χ4n) is 4.54. The number of rotatable bonds is 7. The molecule has 2 fully saturated rings. The minimum Gasteiger partial charge on any atom is -0.374 e. The topological polar surface area (TPSA) is 123 Å². The molecule has 2 aromatic carbocycles. The SMILES string of the molecule is N#Cc1ccc(CNC(=O)N2CCO[C@H](Cc3cc(S(=O)(=O)N4CCN(C(=O)CCl)CC4)ccc3Cl)C2)cc1. The van der Waals surface area contributed by atoms with Crippen LogP contribution in [0.15, 0.2) is 47.4 Å². The van der Waals surface area contributed by atoms with Crippen LogP contribution in [-0.2, 0) is 32.5 Å². The summed E-state index contributed by atoms with van der Waals surface area (Å²) in [4.78, 5) is 27.9. The van der Waals surface area contributed by atoms with Crippen molar-refractivity contribution in [1.29, 1.82) is 5.26 Å². The van der Waals surface area contributed by atoms with Crippen LogP contribution in [0.2, 0.25) is 5.02 Å². The molecule has 2 heterocycles. The van der Waals surface area contributed by atoms with Gasteiger partial charge in [0.1, 0.15) is 5.88 Å². The summed E-state index contributed by atoms with van der Waals surface area (Å²) < 4.78 is 33.8. The van der Waals surface area contributed by atoms with Crippen LogP contribution in [0, 0.1) is 11.3 Å². The number of ether oxygens (including phenoxy) is 1. The van der Waals surface area contributed by atoms with Gasteiger partial charge in [0, 0.05) is 57.3 Å². The molecule has 0 radical (unpaired) electrons. The van der Waals surface area contributed by atoms with Crippen molar-refractivity contribution >= 4 is 45.2 Å². The van der Waals surface area contributed by atoms with Crippen LogP contribution in [0.1, 0.15) is 16.7 Å². The average Bonchev–Trinajstić information content (AvgIpc) is 2.97. The molecule has 3 amide bonds. The van der Waals surface area contributed by atoms with Gasteiger partial charge >= 0.3 is 6.03 Å². The Morgan fingerprint density at radius 1 is 1.05 bits per heavy atom. The molecule has 2 aromatic rings. The lowest BCUT2D eigenvalue weighted by Crippen LogP contribution is -2.50. The van der Waals surface area contributed by atoms with Crippen LogP contribution >= 0.6 is 23.2 Å². The predicted molar refractivity (Wildman–Crippen MR) is 146 cm³/mol. The highest BCUT2D eigenvalue weighted by Gasteiger charge is 2.31. The molecule has 0 saturated carbocycles. The Bertz CT molecular complexity index is 1340. The van der Waals surface area contributed by atoms with E-state index in [1.807, 2.05) is 0 Å². The quantitative estimate of drug-likeness (QED) is 0.492. The van der Waals surface area contributed by atoms with Crippen molar-refractivity contribution in [2.45, 2.75) is 24.0 Å². The third kappa shape index (κ3) is 7.21. The van der Waals surface area contributed by atoms with Crippen molar-refractivity contribution in [3.8, 4) is 6.07 Å². The summed E-state index contributed by atoms with van der Waals surface area (Å²) >= 11 is 12.0. The average molecular weight is 595 g/mol. The molecule has 0 spiro atoms. The van der Waals surface area contributed by atoms with E-state index in [0.717, 1.165) is 5.56 Å². The number of nitriles is 1. The Hall–Kier alpha value is -2.88. The Morgan fingerprint density at radius 3 is 2.44 bits per heavy atom. The van der Waals surface area contributed by atoms with Gasteiger partial charge in [0.05, 0.1) is 29.2 Å². The number of morpholine rings is 1. The molecule has 1 N–H and O–H groups in total. The van der Waals surface area contributed by atoms with E-state index in [-0.39, 0.29) is 55.0 Å². The summed E-state index contributed by atoms with van der Waals surface area (Å²) in [6.45, 7) is 2.35. The van der Waals surface area contributed by atoms with Gasteiger partial charge in [-0.25, -0.2) is 13.2 Å². The van der Waals surface area contributed by atoms with Gasteiger partial charge in [-0.1, -0.05) is 23.7 Å². The van der Waals surface area contributed by atoms with Crippen LogP contribution in [0.5, 0.6) is 0 Å². The van der Waals surface area contributed by atoms with Crippen LogP contribution < -0.4 is 5.32 Å². The summed E-state index contributed by atoms with van der Waals surface area (Å²) in [5.41, 5.74) is 2.04. The van der Waals surface area contributed by atoms with Gasteiger partial charge in [0.25, 0.3) is 0 Å². The van der Waals surface area contributed by atoms with E-state index in [4.69, 9.17) is 33.2 Å². The second kappa shape index (κ2) is 13.0. The van der Waals surface area contributed by atoms with E-state index >= 15 is 0 Å². The second-order valence-corrected chi connectivity index (χ2v) is 11.9. The molecule has 2 aliphatic rings.